The number of benzene rings is 1. The average Bonchev–Trinajstić information content (AvgIpc) is 3.13. The van der Waals surface area contributed by atoms with Gasteiger partial charge < -0.3 is 10.6 Å². The lowest BCUT2D eigenvalue weighted by Crippen LogP contribution is -2.27. The first-order valence-electron chi connectivity index (χ1n) is 6.85. The van der Waals surface area contributed by atoms with E-state index in [-0.39, 0.29) is 5.84 Å². The Morgan fingerprint density at radius 3 is 2.67 bits per heavy atom. The topological polar surface area (TPSA) is 53.1 Å². The highest BCUT2D eigenvalue weighted by atomic mass is 15.2. The van der Waals surface area contributed by atoms with Gasteiger partial charge in [-0.25, -0.2) is 0 Å². The molecule has 1 fully saturated rings. The number of nitrogens with two attached hydrogens (primary N) is 1. The Morgan fingerprint density at radius 1 is 1.44 bits per heavy atom. The molecule has 0 spiro atoms. The van der Waals surface area contributed by atoms with Crippen LogP contribution in [0.15, 0.2) is 18.2 Å². The van der Waals surface area contributed by atoms with E-state index in [1.807, 2.05) is 13.0 Å². The van der Waals surface area contributed by atoms with Crippen molar-refractivity contribution in [3.63, 3.8) is 0 Å². The second-order valence-corrected chi connectivity index (χ2v) is 5.19. The van der Waals surface area contributed by atoms with Crippen LogP contribution in [0.3, 0.4) is 0 Å². The summed E-state index contributed by atoms with van der Waals surface area (Å²) in [5.74, 6) is 0.158. The highest BCUT2D eigenvalue weighted by Gasteiger charge is 2.28. The second kappa shape index (κ2) is 5.42. The number of aryl methyl sites for hydroxylation is 1. The van der Waals surface area contributed by atoms with Crippen molar-refractivity contribution >= 4 is 11.5 Å². The molecule has 2 rings (SSSR count). The molecule has 0 amide bonds. The zero-order chi connectivity index (χ0) is 13.1. The summed E-state index contributed by atoms with van der Waals surface area (Å²) in [7, 11) is 0. The molecule has 1 aromatic carbocycles. The first-order chi connectivity index (χ1) is 8.63. The van der Waals surface area contributed by atoms with Gasteiger partial charge in [-0.3, -0.25) is 5.41 Å². The molecule has 0 aliphatic heterocycles. The van der Waals surface area contributed by atoms with Gasteiger partial charge in [-0.1, -0.05) is 13.3 Å². The van der Waals surface area contributed by atoms with Crippen molar-refractivity contribution < 1.29 is 0 Å². The molecule has 0 atom stereocenters. The van der Waals surface area contributed by atoms with Crippen molar-refractivity contribution in [3.05, 3.63) is 29.3 Å². The van der Waals surface area contributed by atoms with Crippen molar-refractivity contribution in [1.29, 1.82) is 5.41 Å². The van der Waals surface area contributed by atoms with Gasteiger partial charge in [0.2, 0.25) is 0 Å². The summed E-state index contributed by atoms with van der Waals surface area (Å²) in [5.41, 5.74) is 8.80. The molecule has 0 radical (unpaired) electrons. The molecule has 0 saturated heterocycles. The van der Waals surface area contributed by atoms with Crippen LogP contribution < -0.4 is 10.6 Å². The normalized spacial score (nSPS) is 14.6. The van der Waals surface area contributed by atoms with E-state index in [1.165, 1.54) is 31.4 Å². The molecule has 98 valence electrons. The number of hydrogen-bond acceptors (Lipinski definition) is 2. The van der Waals surface area contributed by atoms with Crippen LogP contribution in [-0.4, -0.2) is 18.4 Å². The number of hydrogen-bond donors (Lipinski definition) is 2. The third-order valence-corrected chi connectivity index (χ3v) is 3.57. The van der Waals surface area contributed by atoms with E-state index in [0.29, 0.717) is 0 Å². The molecule has 0 bridgehead atoms. The van der Waals surface area contributed by atoms with E-state index >= 15 is 0 Å². The van der Waals surface area contributed by atoms with Crippen molar-refractivity contribution in [3.8, 4) is 0 Å². The Balaban J connectivity index is 2.19. The van der Waals surface area contributed by atoms with Crippen LogP contribution in [0, 0.1) is 12.3 Å². The summed E-state index contributed by atoms with van der Waals surface area (Å²) >= 11 is 0. The van der Waals surface area contributed by atoms with Gasteiger partial charge in [0, 0.05) is 23.8 Å². The molecule has 1 saturated carbocycles. The fraction of sp³-hybridized carbons (Fsp3) is 0.533. The number of unbranched alkanes of at least 4 members (excludes halogenated alkanes) is 1. The number of nitrogen functional groups attached to an aromatic ring is 1. The monoisotopic (exact) mass is 245 g/mol. The number of amidine groups is 1. The summed E-state index contributed by atoms with van der Waals surface area (Å²) in [6.45, 7) is 5.40. The van der Waals surface area contributed by atoms with Crippen LogP contribution in [0.5, 0.6) is 0 Å². The average molecular weight is 245 g/mol. The minimum atomic E-state index is 0.158. The van der Waals surface area contributed by atoms with Crippen molar-refractivity contribution in [1.82, 2.24) is 0 Å². The van der Waals surface area contributed by atoms with Gasteiger partial charge in [-0.05, 0) is 49.9 Å². The van der Waals surface area contributed by atoms with Gasteiger partial charge in [0.05, 0.1) is 0 Å². The summed E-state index contributed by atoms with van der Waals surface area (Å²) in [6, 6.07) is 7.00. The molecule has 18 heavy (non-hydrogen) atoms. The molecule has 1 aromatic rings. The van der Waals surface area contributed by atoms with Gasteiger partial charge in [0.15, 0.2) is 0 Å². The highest BCUT2D eigenvalue weighted by molar-refractivity contribution is 5.96. The van der Waals surface area contributed by atoms with E-state index < -0.39 is 0 Å². The van der Waals surface area contributed by atoms with Crippen molar-refractivity contribution in [2.75, 3.05) is 11.4 Å². The van der Waals surface area contributed by atoms with Crippen LogP contribution in [0.4, 0.5) is 5.69 Å². The molecule has 0 unspecified atom stereocenters. The number of nitrogens with one attached hydrogen (secondary N) is 1. The quantitative estimate of drug-likeness (QED) is 0.598. The van der Waals surface area contributed by atoms with E-state index in [0.717, 1.165) is 23.7 Å². The zero-order valence-corrected chi connectivity index (χ0v) is 11.4. The van der Waals surface area contributed by atoms with Gasteiger partial charge >= 0.3 is 0 Å². The van der Waals surface area contributed by atoms with Crippen LogP contribution in [0.1, 0.15) is 43.7 Å². The smallest absolute Gasteiger partial charge is 0.123 e. The number of nitrogens with zero attached hydrogens (tertiary/aromatic N) is 1. The molecular formula is C15H23N3. The number of anilines is 1. The van der Waals surface area contributed by atoms with E-state index in [2.05, 4.69) is 24.0 Å². The maximum Gasteiger partial charge on any atom is 0.123 e. The molecule has 3 heteroatoms. The SMILES string of the molecule is CCCCN(c1ccc(C(=N)N)c(C)c1)C1CC1. The minimum Gasteiger partial charge on any atom is -0.384 e. The van der Waals surface area contributed by atoms with Crippen LogP contribution in [0.25, 0.3) is 0 Å². The van der Waals surface area contributed by atoms with Gasteiger partial charge in [-0.15, -0.1) is 0 Å². The molecule has 0 heterocycles. The van der Waals surface area contributed by atoms with Crippen LogP contribution >= 0.6 is 0 Å². The summed E-state index contributed by atoms with van der Waals surface area (Å²) in [6.07, 6.45) is 5.10. The van der Waals surface area contributed by atoms with Gasteiger partial charge in [0.25, 0.3) is 0 Å². The van der Waals surface area contributed by atoms with E-state index in [4.69, 9.17) is 11.1 Å². The predicted octanol–water partition coefficient (Wildman–Crippen LogP) is 3.05. The van der Waals surface area contributed by atoms with Gasteiger partial charge in [0.1, 0.15) is 5.84 Å². The Labute approximate surface area is 109 Å². The molecule has 3 nitrogen and oxygen atoms in total. The lowest BCUT2D eigenvalue weighted by atomic mass is 10.1. The fourth-order valence-corrected chi connectivity index (χ4v) is 2.37. The Morgan fingerprint density at radius 2 is 2.17 bits per heavy atom. The maximum absolute atomic E-state index is 7.53. The Bertz CT molecular complexity index is 435. The minimum absolute atomic E-state index is 0.158. The zero-order valence-electron chi connectivity index (χ0n) is 11.4. The third-order valence-electron chi connectivity index (χ3n) is 3.57. The van der Waals surface area contributed by atoms with Crippen molar-refractivity contribution in [2.45, 2.75) is 45.6 Å². The Kier molecular flexibility index (Phi) is 3.90. The molecule has 3 N–H and O–H groups in total. The predicted molar refractivity (Wildman–Crippen MR) is 77.5 cm³/mol. The second-order valence-electron chi connectivity index (χ2n) is 5.19. The largest absolute Gasteiger partial charge is 0.384 e. The lowest BCUT2D eigenvalue weighted by Gasteiger charge is -2.25. The lowest BCUT2D eigenvalue weighted by molar-refractivity contribution is 0.713. The highest BCUT2D eigenvalue weighted by Crippen LogP contribution is 2.32. The standard InChI is InChI=1S/C15H23N3/c1-3-4-9-18(12-5-6-12)13-7-8-14(15(16)17)11(2)10-13/h7-8,10,12H,3-6,9H2,1-2H3,(H3,16,17). The number of rotatable bonds is 6. The summed E-state index contributed by atoms with van der Waals surface area (Å²) < 4.78 is 0. The van der Waals surface area contributed by atoms with Gasteiger partial charge in [-0.2, -0.15) is 0 Å². The summed E-state index contributed by atoms with van der Waals surface area (Å²) in [5, 5.41) is 7.53. The first-order valence-corrected chi connectivity index (χ1v) is 6.85. The molecule has 1 aliphatic carbocycles. The fourth-order valence-electron chi connectivity index (χ4n) is 2.37. The third kappa shape index (κ3) is 2.84. The summed E-state index contributed by atoms with van der Waals surface area (Å²) in [4.78, 5) is 2.51. The molecule has 0 aromatic heterocycles. The molecule has 1 aliphatic rings. The molecular weight excluding hydrogens is 222 g/mol. The van der Waals surface area contributed by atoms with Crippen molar-refractivity contribution in [2.24, 2.45) is 5.73 Å². The first kappa shape index (κ1) is 12.9. The maximum atomic E-state index is 7.53. The Hall–Kier alpha value is -1.51. The van der Waals surface area contributed by atoms with E-state index in [9.17, 15) is 0 Å². The van der Waals surface area contributed by atoms with E-state index in [1.54, 1.807) is 0 Å². The van der Waals surface area contributed by atoms with Crippen LogP contribution in [-0.2, 0) is 0 Å². The van der Waals surface area contributed by atoms with Crippen LogP contribution in [0.2, 0.25) is 0 Å².